The van der Waals surface area contributed by atoms with E-state index >= 15 is 0 Å². The molecule has 0 spiro atoms. The van der Waals surface area contributed by atoms with Crippen LogP contribution in [0.4, 0.5) is 0 Å². The molecule has 0 aliphatic carbocycles. The van der Waals surface area contributed by atoms with E-state index < -0.39 is 20.0 Å². The van der Waals surface area contributed by atoms with E-state index in [9.17, 15) is 19.0 Å². The highest BCUT2D eigenvalue weighted by Crippen LogP contribution is 2.38. The van der Waals surface area contributed by atoms with E-state index in [2.05, 4.69) is 86.8 Å². The van der Waals surface area contributed by atoms with Crippen LogP contribution in [0.5, 0.6) is 0 Å². The van der Waals surface area contributed by atoms with Crippen molar-refractivity contribution in [2.45, 2.75) is 380 Å². The lowest BCUT2D eigenvalue weighted by atomic mass is 10.0. The zero-order valence-corrected chi connectivity index (χ0v) is 60.5. The Bertz CT molecular complexity index is 1750. The number of nitrogens with zero attached hydrogens (tertiary/aromatic N) is 1. The Labute approximate surface area is 553 Å². The van der Waals surface area contributed by atoms with Crippen molar-refractivity contribution in [3.05, 3.63) is 72.9 Å². The van der Waals surface area contributed by atoms with Crippen molar-refractivity contribution in [2.24, 2.45) is 0 Å². The number of esters is 1. The van der Waals surface area contributed by atoms with Gasteiger partial charge in [-0.2, -0.15) is 0 Å². The molecule has 0 saturated heterocycles. The summed E-state index contributed by atoms with van der Waals surface area (Å²) in [6.45, 7) is 6.83. The highest BCUT2D eigenvalue weighted by atomic mass is 31.2. The molecule has 1 N–H and O–H groups in total. The van der Waals surface area contributed by atoms with E-state index in [0.29, 0.717) is 17.4 Å². The Morgan fingerprint density at radius 3 is 1.04 bits per heavy atom. The number of amides is 1. The minimum absolute atomic E-state index is 0.0226. The summed E-state index contributed by atoms with van der Waals surface area (Å²) >= 11 is 0. The molecule has 0 rings (SSSR count). The number of ether oxygens (including phenoxy) is 1. The summed E-state index contributed by atoms with van der Waals surface area (Å²) in [5, 5.41) is 3.05. The zero-order valence-electron chi connectivity index (χ0n) is 59.6. The zero-order chi connectivity index (χ0) is 64.9. The predicted molar refractivity (Wildman–Crippen MR) is 385 cm³/mol. The minimum Gasteiger partial charge on any atom is -0.756 e. The van der Waals surface area contributed by atoms with Crippen molar-refractivity contribution in [1.82, 2.24) is 5.32 Å². The molecule has 0 radical (unpaired) electrons. The lowest BCUT2D eigenvalue weighted by molar-refractivity contribution is -0.870. The van der Waals surface area contributed by atoms with Gasteiger partial charge in [-0.1, -0.05) is 325 Å². The summed E-state index contributed by atoms with van der Waals surface area (Å²) in [4.78, 5) is 40.3. The summed E-state index contributed by atoms with van der Waals surface area (Å²) in [7, 11) is 1.19. The van der Waals surface area contributed by atoms with Crippen LogP contribution in [0.2, 0.25) is 0 Å². The number of rotatable bonds is 70. The lowest BCUT2D eigenvalue weighted by Crippen LogP contribution is -2.47. The topological polar surface area (TPSA) is 114 Å². The molecule has 0 saturated carbocycles. The first-order valence-electron chi connectivity index (χ1n) is 38.2. The van der Waals surface area contributed by atoms with E-state index in [0.717, 1.165) is 77.0 Å². The van der Waals surface area contributed by atoms with E-state index in [1.165, 1.54) is 257 Å². The number of nitrogens with one attached hydrogen (secondary N) is 1. The van der Waals surface area contributed by atoms with Crippen molar-refractivity contribution >= 4 is 19.7 Å². The molecule has 9 nitrogen and oxygen atoms in total. The number of hydrogen-bond donors (Lipinski definition) is 1. The first-order chi connectivity index (χ1) is 43.4. The minimum atomic E-state index is -4.71. The normalized spacial score (nSPS) is 13.8. The molecule has 0 fully saturated rings. The molecule has 0 aromatic carbocycles. The maximum absolute atomic E-state index is 13.6. The number of carbonyl (C=O) groups excluding carboxylic acids is 2. The van der Waals surface area contributed by atoms with Crippen LogP contribution < -0.4 is 10.2 Å². The molecule has 0 aromatic heterocycles. The summed E-state index contributed by atoms with van der Waals surface area (Å²) in [6.07, 6.45) is 90.4. The second kappa shape index (κ2) is 68.3. The van der Waals surface area contributed by atoms with Crippen molar-refractivity contribution < 1.29 is 37.3 Å². The molecule has 89 heavy (non-hydrogen) atoms. The van der Waals surface area contributed by atoms with Crippen molar-refractivity contribution in [3.63, 3.8) is 0 Å². The number of quaternary nitrogens is 1. The molecule has 0 aromatic rings. The number of carbonyl (C=O) groups is 2. The van der Waals surface area contributed by atoms with Crippen LogP contribution in [-0.4, -0.2) is 69.4 Å². The fourth-order valence-electron chi connectivity index (χ4n) is 11.2. The fraction of sp³-hybridized carbons (Fsp3) is 0.823. The molecule has 0 heterocycles. The van der Waals surface area contributed by atoms with Crippen LogP contribution in [0.15, 0.2) is 72.9 Å². The molecular formula is C79H147N2O7P. The maximum Gasteiger partial charge on any atom is 0.306 e. The second-order valence-corrected chi connectivity index (χ2v) is 28.6. The summed E-state index contributed by atoms with van der Waals surface area (Å²) < 4.78 is 30.5. The smallest absolute Gasteiger partial charge is 0.306 e. The number of likely N-dealkylation sites (N-methyl/N-ethyl adjacent to an activating group) is 1. The molecule has 3 atom stereocenters. The van der Waals surface area contributed by atoms with Gasteiger partial charge in [0.05, 0.1) is 33.8 Å². The Hall–Kier alpha value is -2.55. The van der Waals surface area contributed by atoms with Crippen molar-refractivity contribution in [1.29, 1.82) is 0 Å². The molecule has 3 unspecified atom stereocenters. The van der Waals surface area contributed by atoms with Gasteiger partial charge in [-0.15, -0.1) is 0 Å². The van der Waals surface area contributed by atoms with Crippen LogP contribution in [0, 0.1) is 0 Å². The van der Waals surface area contributed by atoms with Gasteiger partial charge in [0.2, 0.25) is 5.91 Å². The average Bonchev–Trinajstić information content (AvgIpc) is 3.64. The van der Waals surface area contributed by atoms with Crippen LogP contribution in [-0.2, 0) is 27.9 Å². The molecule has 0 aliphatic rings. The molecule has 1 amide bonds. The third-order valence-electron chi connectivity index (χ3n) is 17.1. The third-order valence-corrected chi connectivity index (χ3v) is 18.1. The van der Waals surface area contributed by atoms with Gasteiger partial charge in [-0.3, -0.25) is 14.2 Å². The van der Waals surface area contributed by atoms with Gasteiger partial charge in [-0.05, 0) is 102 Å². The monoisotopic (exact) mass is 1270 g/mol. The Morgan fingerprint density at radius 1 is 0.393 bits per heavy atom. The third kappa shape index (κ3) is 69.6. The lowest BCUT2D eigenvalue weighted by Gasteiger charge is -2.30. The van der Waals surface area contributed by atoms with Crippen LogP contribution in [0.1, 0.15) is 367 Å². The molecule has 10 heteroatoms. The second-order valence-electron chi connectivity index (χ2n) is 27.1. The quantitative estimate of drug-likeness (QED) is 0.0212. The van der Waals surface area contributed by atoms with Gasteiger partial charge < -0.3 is 28.5 Å². The number of phosphoric ester groups is 1. The SMILES string of the molecule is CCCCC/C=C\C/C=C\C/C=C\CCCCCCCCCCCCCCC(=O)OC(/C=C/CCCCCCCCCCC)C(COP(=O)([O-])OCC[N+](C)(C)C)NC(=O)CCCCCCCCCCCCCCCCCCC/C=C\C/C=C\CCCCC. The highest BCUT2D eigenvalue weighted by molar-refractivity contribution is 7.45. The maximum atomic E-state index is 13.6. The summed E-state index contributed by atoms with van der Waals surface area (Å²) in [5.41, 5.74) is 0. The first-order valence-corrected chi connectivity index (χ1v) is 39.7. The van der Waals surface area contributed by atoms with Gasteiger partial charge in [0.15, 0.2) is 0 Å². The van der Waals surface area contributed by atoms with Gasteiger partial charge in [0.25, 0.3) is 7.82 Å². The van der Waals surface area contributed by atoms with Crippen LogP contribution >= 0.6 is 7.82 Å². The molecule has 0 bridgehead atoms. The number of hydrogen-bond acceptors (Lipinski definition) is 7. The Morgan fingerprint density at radius 2 is 0.685 bits per heavy atom. The summed E-state index contributed by atoms with van der Waals surface area (Å²) in [6, 6.07) is -0.891. The highest BCUT2D eigenvalue weighted by Gasteiger charge is 2.27. The number of allylic oxidation sites excluding steroid dienone is 11. The number of phosphoric acid groups is 1. The Kier molecular flexibility index (Phi) is 66.4. The van der Waals surface area contributed by atoms with E-state index in [1.54, 1.807) is 0 Å². The number of unbranched alkanes of at least 4 members (excludes halogenated alkanes) is 44. The van der Waals surface area contributed by atoms with Crippen LogP contribution in [0.3, 0.4) is 0 Å². The van der Waals surface area contributed by atoms with Crippen LogP contribution in [0.25, 0.3) is 0 Å². The molecular weight excluding hydrogens is 1120 g/mol. The first kappa shape index (κ1) is 86.5. The van der Waals surface area contributed by atoms with E-state index in [1.807, 2.05) is 33.3 Å². The van der Waals surface area contributed by atoms with Gasteiger partial charge in [-0.25, -0.2) is 0 Å². The van der Waals surface area contributed by atoms with Gasteiger partial charge >= 0.3 is 5.97 Å². The van der Waals surface area contributed by atoms with Gasteiger partial charge in [0, 0.05) is 12.8 Å². The standard InChI is InChI=1S/C79H147N2O7P/c1-7-10-13-16-19-22-25-27-29-31-33-35-37-39-40-42-43-45-47-49-51-53-56-59-62-65-68-71-78(82)80-76(75-87-89(84,85)86-74-73-81(4,5)6)77(70-67-64-61-58-55-24-21-18-15-12-9-3)88-79(83)72-69-66-63-60-57-54-52-50-48-46-44-41-38-36-34-32-30-28-26-23-20-17-14-11-8-2/h19-20,22-23,27-30,34,36,67,70,76-77H,7-18,21,24-26,31-33,35,37-66,68-69,71-75H2,1-6H3,(H-,80,82,84,85)/b22-19-,23-20-,29-27-,30-28-,36-34-,70-67+. The van der Waals surface area contributed by atoms with Crippen molar-refractivity contribution in [2.75, 3.05) is 40.9 Å². The predicted octanol–water partition coefficient (Wildman–Crippen LogP) is 24.1. The van der Waals surface area contributed by atoms with E-state index in [4.69, 9.17) is 13.8 Å². The van der Waals surface area contributed by atoms with Gasteiger partial charge in [0.1, 0.15) is 19.3 Å². The fourth-order valence-corrected chi connectivity index (χ4v) is 11.9. The molecule has 520 valence electrons. The average molecular weight is 1270 g/mol. The molecule has 0 aliphatic heterocycles. The summed E-state index contributed by atoms with van der Waals surface area (Å²) in [5.74, 6) is -0.529. The Balaban J connectivity index is 4.91. The van der Waals surface area contributed by atoms with E-state index in [-0.39, 0.29) is 31.5 Å². The van der Waals surface area contributed by atoms with Crippen molar-refractivity contribution in [3.8, 4) is 0 Å². The largest absolute Gasteiger partial charge is 0.756 e.